The summed E-state index contributed by atoms with van der Waals surface area (Å²) in [6, 6.07) is 11.6. The molecule has 0 fully saturated rings. The Labute approximate surface area is 129 Å². The van der Waals surface area contributed by atoms with Crippen LogP contribution in [-0.4, -0.2) is 11.1 Å². The lowest BCUT2D eigenvalue weighted by molar-refractivity contribution is -0.199. The molecule has 0 spiro atoms. The van der Waals surface area contributed by atoms with Gasteiger partial charge in [0.15, 0.2) is 6.10 Å². The highest BCUT2D eigenvalue weighted by Crippen LogP contribution is 2.50. The summed E-state index contributed by atoms with van der Waals surface area (Å²) in [6.07, 6.45) is -7.37. The van der Waals surface area contributed by atoms with Crippen molar-refractivity contribution >= 4 is 24.5 Å². The zero-order valence-corrected chi connectivity index (χ0v) is 12.6. The van der Waals surface area contributed by atoms with Crippen LogP contribution < -0.4 is 5.30 Å². The van der Waals surface area contributed by atoms with Crippen LogP contribution in [0.25, 0.3) is 0 Å². The van der Waals surface area contributed by atoms with Gasteiger partial charge < -0.3 is 4.89 Å². The van der Waals surface area contributed by atoms with Crippen LogP contribution in [0.3, 0.4) is 0 Å². The Morgan fingerprint density at radius 1 is 1.05 bits per heavy atom. The van der Waals surface area contributed by atoms with E-state index >= 15 is 0 Å². The Morgan fingerprint density at radius 2 is 1.59 bits per heavy atom. The van der Waals surface area contributed by atoms with Crippen LogP contribution in [0.4, 0.5) is 13.2 Å². The number of rotatable bonds is 4. The third-order valence-corrected chi connectivity index (χ3v) is 4.50. The van der Waals surface area contributed by atoms with Crippen molar-refractivity contribution in [2.24, 2.45) is 0 Å². The zero-order chi connectivity index (χ0) is 16.4. The van der Waals surface area contributed by atoms with E-state index in [1.54, 1.807) is 6.07 Å². The van der Waals surface area contributed by atoms with Crippen molar-refractivity contribution in [3.63, 3.8) is 0 Å². The molecule has 2 unspecified atom stereocenters. The second-order valence-electron chi connectivity index (χ2n) is 4.43. The van der Waals surface area contributed by atoms with Gasteiger partial charge in [0, 0.05) is 5.02 Å². The summed E-state index contributed by atoms with van der Waals surface area (Å²) in [5.41, 5.74) is -0.304. The van der Waals surface area contributed by atoms with Crippen molar-refractivity contribution < 1.29 is 27.2 Å². The second-order valence-corrected chi connectivity index (χ2v) is 6.64. The molecule has 118 valence electrons. The van der Waals surface area contributed by atoms with E-state index in [0.717, 1.165) is 12.1 Å². The molecule has 1 N–H and O–H groups in total. The predicted molar refractivity (Wildman–Crippen MR) is 77.2 cm³/mol. The fourth-order valence-electron chi connectivity index (χ4n) is 1.77. The maximum Gasteiger partial charge on any atom is 0.419 e. The number of hydrogen-bond acceptors (Lipinski definition) is 2. The highest BCUT2D eigenvalue weighted by Gasteiger charge is 2.46. The molecular weight excluding hydrogens is 340 g/mol. The molecule has 0 heterocycles. The molecule has 0 bridgehead atoms. The maximum atomic E-state index is 13.2. The van der Waals surface area contributed by atoms with Crippen LogP contribution in [0.1, 0.15) is 11.7 Å². The van der Waals surface area contributed by atoms with Crippen molar-refractivity contribution in [3.8, 4) is 0 Å². The molecule has 2 rings (SSSR count). The quantitative estimate of drug-likeness (QED) is 0.827. The normalized spacial score (nSPS) is 16.0. The summed E-state index contributed by atoms with van der Waals surface area (Å²) in [6.45, 7) is 0. The average molecular weight is 351 g/mol. The summed E-state index contributed by atoms with van der Waals surface area (Å²) < 4.78 is 56.2. The molecule has 3 nitrogen and oxygen atoms in total. The van der Waals surface area contributed by atoms with Gasteiger partial charge in [-0.1, -0.05) is 41.9 Å². The molecule has 0 saturated carbocycles. The Bertz CT molecular complexity index is 674. The first kappa shape index (κ1) is 17.0. The van der Waals surface area contributed by atoms with Gasteiger partial charge in [0.1, 0.15) is 0 Å². The van der Waals surface area contributed by atoms with E-state index in [2.05, 4.69) is 4.52 Å². The first-order chi connectivity index (χ1) is 10.2. The van der Waals surface area contributed by atoms with Gasteiger partial charge in [0.05, 0.1) is 5.30 Å². The van der Waals surface area contributed by atoms with Crippen molar-refractivity contribution in [3.05, 3.63) is 65.2 Å². The summed E-state index contributed by atoms with van der Waals surface area (Å²) >= 11 is 5.63. The lowest BCUT2D eigenvalue weighted by atomic mass is 10.1. The molecule has 22 heavy (non-hydrogen) atoms. The minimum absolute atomic E-state index is 0.210. The summed E-state index contributed by atoms with van der Waals surface area (Å²) in [5.74, 6) is 0. The molecule has 0 saturated heterocycles. The molecule has 2 atom stereocenters. The summed E-state index contributed by atoms with van der Waals surface area (Å²) in [5, 5.41) is 0.0399. The lowest BCUT2D eigenvalue weighted by Gasteiger charge is -2.24. The average Bonchev–Trinajstić information content (AvgIpc) is 2.46. The van der Waals surface area contributed by atoms with Gasteiger partial charge in [-0.25, -0.2) is 0 Å². The SMILES string of the molecule is O=P(O)(OC(c1ccc(Cl)cc1)C(F)(F)F)c1ccccc1. The van der Waals surface area contributed by atoms with E-state index in [4.69, 9.17) is 11.6 Å². The molecule has 0 radical (unpaired) electrons. The molecule has 0 aliphatic carbocycles. The van der Waals surface area contributed by atoms with Gasteiger partial charge in [0.25, 0.3) is 0 Å². The fourth-order valence-corrected chi connectivity index (χ4v) is 3.09. The molecule has 0 aliphatic heterocycles. The van der Waals surface area contributed by atoms with Crippen molar-refractivity contribution in [1.82, 2.24) is 0 Å². The van der Waals surface area contributed by atoms with Crippen LogP contribution in [-0.2, 0) is 9.09 Å². The molecule has 2 aromatic carbocycles. The fraction of sp³-hybridized carbons (Fsp3) is 0.143. The van der Waals surface area contributed by atoms with Gasteiger partial charge in [-0.15, -0.1) is 0 Å². The van der Waals surface area contributed by atoms with Gasteiger partial charge in [-0.3, -0.25) is 9.09 Å². The van der Waals surface area contributed by atoms with E-state index in [-0.39, 0.29) is 15.9 Å². The number of halogens is 4. The Morgan fingerprint density at radius 3 is 2.09 bits per heavy atom. The molecule has 0 aliphatic rings. The third-order valence-electron chi connectivity index (χ3n) is 2.80. The largest absolute Gasteiger partial charge is 0.419 e. The van der Waals surface area contributed by atoms with E-state index in [1.807, 2.05) is 0 Å². The van der Waals surface area contributed by atoms with Gasteiger partial charge >= 0.3 is 13.8 Å². The number of alkyl halides is 3. The van der Waals surface area contributed by atoms with Crippen LogP contribution in [0, 0.1) is 0 Å². The molecule has 0 aromatic heterocycles. The Balaban J connectivity index is 2.36. The highest BCUT2D eigenvalue weighted by atomic mass is 35.5. The van der Waals surface area contributed by atoms with Crippen LogP contribution in [0.15, 0.2) is 54.6 Å². The summed E-state index contributed by atoms with van der Waals surface area (Å²) in [4.78, 5) is 9.84. The molecule has 0 amide bonds. The van der Waals surface area contributed by atoms with E-state index in [1.165, 1.54) is 36.4 Å². The highest BCUT2D eigenvalue weighted by molar-refractivity contribution is 7.61. The standard InChI is InChI=1S/C14H11ClF3O3P/c15-11-8-6-10(7-9-11)13(14(16,17)18)21-22(19,20)12-4-2-1-3-5-12/h1-9,13H,(H,19,20). The first-order valence-corrected chi connectivity index (χ1v) is 8.05. The van der Waals surface area contributed by atoms with Gasteiger partial charge in [-0.2, -0.15) is 13.2 Å². The van der Waals surface area contributed by atoms with E-state index < -0.39 is 19.9 Å². The topological polar surface area (TPSA) is 46.5 Å². The van der Waals surface area contributed by atoms with E-state index in [9.17, 15) is 22.6 Å². The number of hydrogen-bond donors (Lipinski definition) is 1. The van der Waals surface area contributed by atoms with Crippen LogP contribution >= 0.6 is 19.2 Å². The smallest absolute Gasteiger partial charge is 0.321 e. The molecule has 2 aromatic rings. The third kappa shape index (κ3) is 4.11. The summed E-state index contributed by atoms with van der Waals surface area (Å²) in [7, 11) is -4.63. The first-order valence-electron chi connectivity index (χ1n) is 6.09. The monoisotopic (exact) mass is 350 g/mol. The Hall–Kier alpha value is -1.33. The predicted octanol–water partition coefficient (Wildman–Crippen LogP) is 4.47. The maximum absolute atomic E-state index is 13.2. The van der Waals surface area contributed by atoms with Crippen LogP contribution in [0.5, 0.6) is 0 Å². The lowest BCUT2D eigenvalue weighted by Crippen LogP contribution is -2.24. The van der Waals surface area contributed by atoms with Crippen molar-refractivity contribution in [1.29, 1.82) is 0 Å². The zero-order valence-electron chi connectivity index (χ0n) is 11.0. The Kier molecular flexibility index (Phi) is 4.97. The molecule has 8 heteroatoms. The van der Waals surface area contributed by atoms with Gasteiger partial charge in [-0.05, 0) is 29.8 Å². The van der Waals surface area contributed by atoms with Crippen LogP contribution in [0.2, 0.25) is 5.02 Å². The van der Waals surface area contributed by atoms with Gasteiger partial charge in [0.2, 0.25) is 0 Å². The minimum atomic E-state index is -4.85. The second kappa shape index (κ2) is 6.42. The van der Waals surface area contributed by atoms with Crippen molar-refractivity contribution in [2.75, 3.05) is 0 Å². The number of benzene rings is 2. The van der Waals surface area contributed by atoms with E-state index in [0.29, 0.717) is 0 Å². The molecular formula is C14H11ClF3O3P. The minimum Gasteiger partial charge on any atom is -0.321 e. The van der Waals surface area contributed by atoms with Crippen molar-refractivity contribution in [2.45, 2.75) is 12.3 Å².